The van der Waals surface area contributed by atoms with E-state index in [-0.39, 0.29) is 17.9 Å². The fourth-order valence-electron chi connectivity index (χ4n) is 4.22. The third kappa shape index (κ3) is 4.38. The predicted molar refractivity (Wildman–Crippen MR) is 128 cm³/mol. The van der Waals surface area contributed by atoms with Crippen LogP contribution in [0.15, 0.2) is 72.2 Å². The molecule has 1 aliphatic heterocycles. The molecule has 0 saturated carbocycles. The first kappa shape index (κ1) is 20.3. The van der Waals surface area contributed by atoms with Crippen LogP contribution in [0.2, 0.25) is 0 Å². The van der Waals surface area contributed by atoms with Gasteiger partial charge in [-0.25, -0.2) is 4.79 Å². The standard InChI is InChI=1S/C25H24N4O2S/c30-24-13-19(21-5-1-2-6-23(21)28-24)14-27-25(31)29(16-20-4-3-11-32-20)15-17-7-8-22-18(12-17)9-10-26-22/h1-12,19,26H,13-16H2,(H,27,31)(H,28,30). The summed E-state index contributed by atoms with van der Waals surface area (Å²) in [5, 5.41) is 9.15. The number of nitrogens with zero attached hydrogens (tertiary/aromatic N) is 1. The molecule has 0 spiro atoms. The van der Waals surface area contributed by atoms with Crippen LogP contribution in [0.1, 0.15) is 28.3 Å². The van der Waals surface area contributed by atoms with Gasteiger partial charge in [0.25, 0.3) is 0 Å². The normalized spacial score (nSPS) is 15.2. The van der Waals surface area contributed by atoms with E-state index in [0.29, 0.717) is 26.1 Å². The molecule has 1 atom stereocenters. The minimum Gasteiger partial charge on any atom is -0.361 e. The number of aromatic amines is 1. The molecular weight excluding hydrogens is 420 g/mol. The first-order chi connectivity index (χ1) is 15.7. The number of para-hydroxylation sites is 1. The van der Waals surface area contributed by atoms with Crippen molar-refractivity contribution in [3.63, 3.8) is 0 Å². The van der Waals surface area contributed by atoms with E-state index < -0.39 is 0 Å². The number of H-pyrrole nitrogens is 1. The number of carbonyl (C=O) groups is 2. The molecule has 0 aliphatic carbocycles. The molecule has 6 nitrogen and oxygen atoms in total. The van der Waals surface area contributed by atoms with E-state index in [1.807, 2.05) is 65.0 Å². The van der Waals surface area contributed by atoms with Gasteiger partial charge in [0.1, 0.15) is 0 Å². The number of hydrogen-bond donors (Lipinski definition) is 3. The molecule has 4 aromatic rings. The minimum atomic E-state index is -0.129. The second-order valence-electron chi connectivity index (χ2n) is 8.06. The predicted octanol–water partition coefficient (Wildman–Crippen LogP) is 5.07. The van der Waals surface area contributed by atoms with Crippen molar-refractivity contribution < 1.29 is 9.59 Å². The Hall–Kier alpha value is -3.58. The van der Waals surface area contributed by atoms with Crippen LogP contribution in [-0.2, 0) is 17.9 Å². The number of anilines is 1. The maximum absolute atomic E-state index is 13.2. The molecule has 5 rings (SSSR count). The van der Waals surface area contributed by atoms with E-state index in [9.17, 15) is 9.59 Å². The van der Waals surface area contributed by atoms with Crippen molar-refractivity contribution in [2.75, 3.05) is 11.9 Å². The van der Waals surface area contributed by atoms with E-state index in [1.54, 1.807) is 11.3 Å². The number of rotatable bonds is 6. The number of carbonyl (C=O) groups excluding carboxylic acids is 2. The van der Waals surface area contributed by atoms with Gasteiger partial charge in [0.2, 0.25) is 5.91 Å². The number of urea groups is 1. The van der Waals surface area contributed by atoms with Crippen molar-refractivity contribution in [3.05, 3.63) is 88.2 Å². The SMILES string of the molecule is O=C1CC(CNC(=O)N(Cc2ccc3[nH]ccc3c2)Cc2cccs2)c2ccccc2N1. The van der Waals surface area contributed by atoms with Gasteiger partial charge < -0.3 is 20.5 Å². The van der Waals surface area contributed by atoms with Gasteiger partial charge in [0.15, 0.2) is 0 Å². The summed E-state index contributed by atoms with van der Waals surface area (Å²) in [6.07, 6.45) is 2.29. The van der Waals surface area contributed by atoms with Crippen LogP contribution in [-0.4, -0.2) is 28.4 Å². The lowest BCUT2D eigenvalue weighted by atomic mass is 9.90. The molecule has 3 heterocycles. The smallest absolute Gasteiger partial charge is 0.318 e. The van der Waals surface area contributed by atoms with Gasteiger partial charge in [0.05, 0.1) is 6.54 Å². The number of fused-ring (bicyclic) bond motifs is 2. The third-order valence-electron chi connectivity index (χ3n) is 5.81. The number of benzene rings is 2. The van der Waals surface area contributed by atoms with Crippen molar-refractivity contribution >= 4 is 39.9 Å². The Balaban J connectivity index is 1.32. The van der Waals surface area contributed by atoms with Crippen LogP contribution >= 0.6 is 11.3 Å². The first-order valence-corrected chi connectivity index (χ1v) is 11.5. The zero-order chi connectivity index (χ0) is 21.9. The fraction of sp³-hybridized carbons (Fsp3) is 0.200. The van der Waals surface area contributed by atoms with Gasteiger partial charge in [-0.2, -0.15) is 0 Å². The Bertz CT molecular complexity index is 1250. The van der Waals surface area contributed by atoms with Gasteiger partial charge in [-0.1, -0.05) is 30.3 Å². The first-order valence-electron chi connectivity index (χ1n) is 10.7. The molecule has 3 amide bonds. The Labute approximate surface area is 190 Å². The summed E-state index contributed by atoms with van der Waals surface area (Å²) in [7, 11) is 0. The van der Waals surface area contributed by atoms with Crippen LogP contribution < -0.4 is 10.6 Å². The van der Waals surface area contributed by atoms with Crippen LogP contribution in [0.3, 0.4) is 0 Å². The van der Waals surface area contributed by atoms with Crippen LogP contribution in [0.25, 0.3) is 10.9 Å². The zero-order valence-corrected chi connectivity index (χ0v) is 18.3. The highest BCUT2D eigenvalue weighted by Gasteiger charge is 2.26. The molecule has 1 unspecified atom stereocenters. The molecule has 1 aliphatic rings. The number of nitrogens with one attached hydrogen (secondary N) is 3. The Morgan fingerprint density at radius 3 is 2.88 bits per heavy atom. The molecule has 2 aromatic heterocycles. The summed E-state index contributed by atoms with van der Waals surface area (Å²) in [5.41, 5.74) is 4.05. The zero-order valence-electron chi connectivity index (χ0n) is 17.5. The number of thiophene rings is 1. The van der Waals surface area contributed by atoms with Gasteiger partial charge in [-0.15, -0.1) is 11.3 Å². The third-order valence-corrected chi connectivity index (χ3v) is 6.67. The van der Waals surface area contributed by atoms with Gasteiger partial charge in [-0.05, 0) is 52.2 Å². The maximum Gasteiger partial charge on any atom is 0.318 e. The monoisotopic (exact) mass is 444 g/mol. The van der Waals surface area contributed by atoms with Gasteiger partial charge in [-0.3, -0.25) is 4.79 Å². The minimum absolute atomic E-state index is 0.0156. The van der Waals surface area contributed by atoms with E-state index >= 15 is 0 Å². The second kappa shape index (κ2) is 8.88. The summed E-state index contributed by atoms with van der Waals surface area (Å²) in [6.45, 7) is 1.46. The van der Waals surface area contributed by atoms with Crippen LogP contribution in [0.4, 0.5) is 10.5 Å². The molecule has 7 heteroatoms. The average molecular weight is 445 g/mol. The lowest BCUT2D eigenvalue weighted by Crippen LogP contribution is -2.41. The highest BCUT2D eigenvalue weighted by molar-refractivity contribution is 7.09. The lowest BCUT2D eigenvalue weighted by Gasteiger charge is -2.28. The quantitative estimate of drug-likeness (QED) is 0.388. The topological polar surface area (TPSA) is 77.2 Å². The molecule has 0 bridgehead atoms. The summed E-state index contributed by atoms with van der Waals surface area (Å²) in [4.78, 5) is 31.5. The molecule has 32 heavy (non-hydrogen) atoms. The van der Waals surface area contributed by atoms with E-state index in [1.165, 1.54) is 0 Å². The van der Waals surface area contributed by atoms with Gasteiger partial charge in [0, 0.05) is 47.7 Å². The average Bonchev–Trinajstić information content (AvgIpc) is 3.48. The molecular formula is C25H24N4O2S. The van der Waals surface area contributed by atoms with Crippen LogP contribution in [0, 0.1) is 0 Å². The maximum atomic E-state index is 13.2. The molecule has 3 N–H and O–H groups in total. The number of hydrogen-bond acceptors (Lipinski definition) is 3. The van der Waals surface area contributed by atoms with Crippen molar-refractivity contribution in [1.82, 2.24) is 15.2 Å². The molecule has 0 radical (unpaired) electrons. The summed E-state index contributed by atoms with van der Waals surface area (Å²) in [6, 6.07) is 19.9. The Kier molecular flexibility index (Phi) is 5.64. The van der Waals surface area contributed by atoms with E-state index in [2.05, 4.69) is 27.8 Å². The largest absolute Gasteiger partial charge is 0.361 e. The van der Waals surface area contributed by atoms with Crippen molar-refractivity contribution in [2.45, 2.75) is 25.4 Å². The summed E-state index contributed by atoms with van der Waals surface area (Å²) in [5.74, 6) is -0.0538. The summed E-state index contributed by atoms with van der Waals surface area (Å²) >= 11 is 1.64. The Morgan fingerprint density at radius 1 is 1.09 bits per heavy atom. The van der Waals surface area contributed by atoms with Gasteiger partial charge >= 0.3 is 6.03 Å². The summed E-state index contributed by atoms with van der Waals surface area (Å²) < 4.78 is 0. The Morgan fingerprint density at radius 2 is 2.00 bits per heavy atom. The van der Waals surface area contributed by atoms with Crippen molar-refractivity contribution in [1.29, 1.82) is 0 Å². The number of amides is 3. The molecule has 162 valence electrons. The van der Waals surface area contributed by atoms with E-state index in [4.69, 9.17) is 0 Å². The lowest BCUT2D eigenvalue weighted by molar-refractivity contribution is -0.116. The molecule has 2 aromatic carbocycles. The highest BCUT2D eigenvalue weighted by atomic mass is 32.1. The molecule has 0 fully saturated rings. The van der Waals surface area contributed by atoms with Crippen molar-refractivity contribution in [3.8, 4) is 0 Å². The van der Waals surface area contributed by atoms with E-state index in [0.717, 1.165) is 32.6 Å². The van der Waals surface area contributed by atoms with Crippen molar-refractivity contribution in [2.24, 2.45) is 0 Å². The van der Waals surface area contributed by atoms with Crippen LogP contribution in [0.5, 0.6) is 0 Å². The second-order valence-corrected chi connectivity index (χ2v) is 9.09. The number of aromatic nitrogens is 1. The molecule has 0 saturated heterocycles. The highest BCUT2D eigenvalue weighted by Crippen LogP contribution is 2.31. The fourth-order valence-corrected chi connectivity index (χ4v) is 4.94.